The van der Waals surface area contributed by atoms with Crippen molar-refractivity contribution in [2.45, 2.75) is 51.6 Å². The van der Waals surface area contributed by atoms with Crippen LogP contribution >= 0.6 is 0 Å². The number of rotatable bonds is 11. The van der Waals surface area contributed by atoms with Crippen molar-refractivity contribution in [1.82, 2.24) is 10.2 Å². The highest BCUT2D eigenvalue weighted by atomic mass is 32.2. The van der Waals surface area contributed by atoms with E-state index in [-0.39, 0.29) is 17.3 Å². The molecule has 3 aromatic carbocycles. The van der Waals surface area contributed by atoms with E-state index in [0.717, 1.165) is 21.0 Å². The van der Waals surface area contributed by atoms with Gasteiger partial charge in [-0.2, -0.15) is 0 Å². The summed E-state index contributed by atoms with van der Waals surface area (Å²) in [6.07, 6.45) is 0.388. The van der Waals surface area contributed by atoms with Crippen molar-refractivity contribution in [1.29, 1.82) is 0 Å². The number of likely N-dealkylation sites (N-methyl/N-ethyl adjacent to an activating group) is 1. The van der Waals surface area contributed by atoms with Crippen LogP contribution in [0.1, 0.15) is 37.0 Å². The van der Waals surface area contributed by atoms with Crippen molar-refractivity contribution < 1.29 is 18.0 Å². The fraction of sp³-hybridized carbons (Fsp3) is 0.310. The van der Waals surface area contributed by atoms with Gasteiger partial charge in [-0.15, -0.1) is 0 Å². The van der Waals surface area contributed by atoms with Crippen LogP contribution in [-0.2, 0) is 26.2 Å². The molecule has 0 fully saturated rings. The molecule has 1 N–H and O–H groups in total. The molecular weight excluding hydrogens is 486 g/mol. The number of sulfonamides is 1. The standard InChI is InChI=1S/C29H35N3O4S/c1-5-26(29(34)30-6-2)31(20-24-16-12-10-14-22(24)3)28(33)21-32(27-19-13-11-15-23(27)4)37(35,36)25-17-8-7-9-18-25/h7-19,26H,5-6,20-21H2,1-4H3,(H,30,34). The number of carbonyl (C=O) groups is 2. The van der Waals surface area contributed by atoms with E-state index in [0.29, 0.717) is 18.7 Å². The summed E-state index contributed by atoms with van der Waals surface area (Å²) in [6, 6.07) is 22.1. The number of amides is 2. The van der Waals surface area contributed by atoms with E-state index in [4.69, 9.17) is 0 Å². The van der Waals surface area contributed by atoms with E-state index >= 15 is 0 Å². The molecule has 0 saturated carbocycles. The molecule has 8 heteroatoms. The van der Waals surface area contributed by atoms with Gasteiger partial charge < -0.3 is 10.2 Å². The molecule has 1 atom stereocenters. The van der Waals surface area contributed by atoms with Gasteiger partial charge in [0.25, 0.3) is 10.0 Å². The molecule has 0 aliphatic rings. The molecule has 3 aromatic rings. The summed E-state index contributed by atoms with van der Waals surface area (Å²) in [4.78, 5) is 28.6. The predicted molar refractivity (Wildman–Crippen MR) is 147 cm³/mol. The Bertz CT molecular complexity index is 1330. The summed E-state index contributed by atoms with van der Waals surface area (Å²) < 4.78 is 28.8. The van der Waals surface area contributed by atoms with Crippen LogP contribution in [0.3, 0.4) is 0 Å². The quantitative estimate of drug-likeness (QED) is 0.404. The number of nitrogens with zero attached hydrogens (tertiary/aromatic N) is 2. The van der Waals surface area contributed by atoms with Gasteiger partial charge in [0.2, 0.25) is 11.8 Å². The lowest BCUT2D eigenvalue weighted by Gasteiger charge is -2.33. The zero-order valence-electron chi connectivity index (χ0n) is 21.8. The fourth-order valence-electron chi connectivity index (χ4n) is 4.26. The minimum atomic E-state index is -4.06. The summed E-state index contributed by atoms with van der Waals surface area (Å²) in [7, 11) is -4.06. The molecule has 0 bridgehead atoms. The molecule has 37 heavy (non-hydrogen) atoms. The zero-order chi connectivity index (χ0) is 27.0. The minimum Gasteiger partial charge on any atom is -0.355 e. The second-order valence-corrected chi connectivity index (χ2v) is 10.7. The molecule has 0 radical (unpaired) electrons. The number of nitrogens with one attached hydrogen (secondary N) is 1. The van der Waals surface area contributed by atoms with E-state index in [9.17, 15) is 18.0 Å². The van der Waals surface area contributed by atoms with Crippen molar-refractivity contribution in [3.63, 3.8) is 0 Å². The molecule has 1 unspecified atom stereocenters. The van der Waals surface area contributed by atoms with Crippen LogP contribution in [-0.4, -0.2) is 44.3 Å². The van der Waals surface area contributed by atoms with Crippen molar-refractivity contribution in [3.05, 3.63) is 95.6 Å². The van der Waals surface area contributed by atoms with Gasteiger partial charge in [0.15, 0.2) is 0 Å². The van der Waals surface area contributed by atoms with Gasteiger partial charge in [-0.1, -0.05) is 67.6 Å². The van der Waals surface area contributed by atoms with Crippen molar-refractivity contribution in [2.75, 3.05) is 17.4 Å². The third-order valence-corrected chi connectivity index (χ3v) is 8.11. The topological polar surface area (TPSA) is 86.8 Å². The summed E-state index contributed by atoms with van der Waals surface area (Å²) in [5, 5.41) is 2.82. The van der Waals surface area contributed by atoms with Crippen LogP contribution in [0.15, 0.2) is 83.8 Å². The summed E-state index contributed by atoms with van der Waals surface area (Å²) in [5.74, 6) is -0.718. The molecular formula is C29H35N3O4S. The highest BCUT2D eigenvalue weighted by molar-refractivity contribution is 7.92. The molecule has 0 aliphatic heterocycles. The van der Waals surface area contributed by atoms with E-state index in [1.54, 1.807) is 30.3 Å². The highest BCUT2D eigenvalue weighted by Gasteiger charge is 2.34. The number of hydrogen-bond donors (Lipinski definition) is 1. The number of aryl methyl sites for hydroxylation is 2. The Balaban J connectivity index is 2.07. The van der Waals surface area contributed by atoms with E-state index in [1.165, 1.54) is 17.0 Å². The van der Waals surface area contributed by atoms with Gasteiger partial charge in [0, 0.05) is 13.1 Å². The largest absolute Gasteiger partial charge is 0.355 e. The SMILES string of the molecule is CCNC(=O)C(CC)N(Cc1ccccc1C)C(=O)CN(c1ccccc1C)S(=O)(=O)c1ccccc1. The van der Waals surface area contributed by atoms with Gasteiger partial charge in [0.05, 0.1) is 10.6 Å². The first kappa shape index (κ1) is 27.9. The molecule has 0 aromatic heterocycles. The first-order valence-corrected chi connectivity index (χ1v) is 13.9. The second-order valence-electron chi connectivity index (χ2n) is 8.88. The maximum atomic E-state index is 14.0. The van der Waals surface area contributed by atoms with Gasteiger partial charge in [0.1, 0.15) is 12.6 Å². The summed E-state index contributed by atoms with van der Waals surface area (Å²) in [5.41, 5.74) is 3.02. The smallest absolute Gasteiger partial charge is 0.264 e. The van der Waals surface area contributed by atoms with Crippen molar-refractivity contribution >= 4 is 27.5 Å². The Morgan fingerprint density at radius 1 is 0.838 bits per heavy atom. The number of carbonyl (C=O) groups excluding carboxylic acids is 2. The Labute approximate surface area is 220 Å². The van der Waals surface area contributed by atoms with Crippen LogP contribution in [0.5, 0.6) is 0 Å². The van der Waals surface area contributed by atoms with E-state index in [1.807, 2.05) is 64.1 Å². The van der Waals surface area contributed by atoms with Crippen LogP contribution in [0.25, 0.3) is 0 Å². The van der Waals surface area contributed by atoms with E-state index in [2.05, 4.69) is 5.32 Å². The Hall–Kier alpha value is -3.65. The second kappa shape index (κ2) is 12.5. The molecule has 196 valence electrons. The Kier molecular flexibility index (Phi) is 9.47. The normalized spacial score (nSPS) is 12.0. The molecule has 0 heterocycles. The van der Waals surface area contributed by atoms with Gasteiger partial charge in [-0.05, 0) is 62.1 Å². The number of anilines is 1. The molecule has 7 nitrogen and oxygen atoms in total. The van der Waals surface area contributed by atoms with E-state index < -0.39 is 28.5 Å². The predicted octanol–water partition coefficient (Wildman–Crippen LogP) is 4.44. The van der Waals surface area contributed by atoms with Crippen LogP contribution in [0.4, 0.5) is 5.69 Å². The van der Waals surface area contributed by atoms with Gasteiger partial charge in [-0.25, -0.2) is 8.42 Å². The first-order chi connectivity index (χ1) is 17.7. The maximum Gasteiger partial charge on any atom is 0.264 e. The van der Waals surface area contributed by atoms with Crippen LogP contribution < -0.4 is 9.62 Å². The average molecular weight is 522 g/mol. The summed E-state index contributed by atoms with van der Waals surface area (Å²) in [6.45, 7) is 7.60. The molecule has 2 amide bonds. The third-order valence-electron chi connectivity index (χ3n) is 6.33. The van der Waals surface area contributed by atoms with Crippen LogP contribution in [0, 0.1) is 13.8 Å². The van der Waals surface area contributed by atoms with Gasteiger partial charge in [-0.3, -0.25) is 13.9 Å². The first-order valence-electron chi connectivity index (χ1n) is 12.5. The summed E-state index contributed by atoms with van der Waals surface area (Å²) >= 11 is 0. The molecule has 3 rings (SSSR count). The minimum absolute atomic E-state index is 0.0901. The highest BCUT2D eigenvalue weighted by Crippen LogP contribution is 2.27. The Morgan fingerprint density at radius 3 is 2.03 bits per heavy atom. The van der Waals surface area contributed by atoms with Crippen LogP contribution in [0.2, 0.25) is 0 Å². The fourth-order valence-corrected chi connectivity index (χ4v) is 5.76. The molecule has 0 saturated heterocycles. The molecule has 0 spiro atoms. The Morgan fingerprint density at radius 2 is 1.43 bits per heavy atom. The van der Waals surface area contributed by atoms with Crippen molar-refractivity contribution in [2.24, 2.45) is 0 Å². The zero-order valence-corrected chi connectivity index (χ0v) is 22.7. The number of benzene rings is 3. The number of hydrogen-bond acceptors (Lipinski definition) is 4. The average Bonchev–Trinajstić information content (AvgIpc) is 2.89. The lowest BCUT2D eigenvalue weighted by atomic mass is 10.1. The third kappa shape index (κ3) is 6.57. The van der Waals surface area contributed by atoms with Gasteiger partial charge >= 0.3 is 0 Å². The maximum absolute atomic E-state index is 14.0. The number of para-hydroxylation sites is 1. The lowest BCUT2D eigenvalue weighted by Crippen LogP contribution is -2.52. The van der Waals surface area contributed by atoms with Crippen molar-refractivity contribution in [3.8, 4) is 0 Å². The monoisotopic (exact) mass is 521 g/mol. The lowest BCUT2D eigenvalue weighted by molar-refractivity contribution is -0.140. The molecule has 0 aliphatic carbocycles.